The summed E-state index contributed by atoms with van der Waals surface area (Å²) in [6, 6.07) is 12.4. The molecule has 2 unspecified atom stereocenters. The zero-order valence-electron chi connectivity index (χ0n) is 21.4. The third-order valence-corrected chi connectivity index (χ3v) is 7.71. The number of benzene rings is 2. The fourth-order valence-electron chi connectivity index (χ4n) is 5.34. The van der Waals surface area contributed by atoms with Gasteiger partial charge in [-0.25, -0.2) is 0 Å². The van der Waals surface area contributed by atoms with Crippen LogP contribution in [0.4, 0.5) is 18.9 Å². The van der Waals surface area contributed by atoms with Crippen molar-refractivity contribution in [2.24, 2.45) is 5.41 Å². The molecule has 1 saturated carbocycles. The van der Waals surface area contributed by atoms with Gasteiger partial charge in [0.1, 0.15) is 5.76 Å². The van der Waals surface area contributed by atoms with E-state index in [1.165, 1.54) is 36.6 Å². The van der Waals surface area contributed by atoms with E-state index in [1.54, 1.807) is 49.4 Å². The highest BCUT2D eigenvalue weighted by molar-refractivity contribution is 6.31. The molecule has 206 valence electrons. The number of rotatable bonds is 4. The molecule has 2 atom stereocenters. The molecule has 5 nitrogen and oxygen atoms in total. The Labute approximate surface area is 233 Å². The zero-order valence-corrected chi connectivity index (χ0v) is 22.9. The number of nitrogens with zero attached hydrogens (tertiary/aromatic N) is 1. The normalized spacial score (nSPS) is 23.2. The zero-order chi connectivity index (χ0) is 28.9. The van der Waals surface area contributed by atoms with E-state index in [2.05, 4.69) is 11.9 Å². The molecular formula is C29H27Cl2F3N2O3. The molecule has 0 bridgehead atoms. The van der Waals surface area contributed by atoms with Crippen LogP contribution in [0.2, 0.25) is 5.02 Å². The van der Waals surface area contributed by atoms with Crippen LogP contribution in [-0.4, -0.2) is 32.6 Å². The summed E-state index contributed by atoms with van der Waals surface area (Å²) in [5, 5.41) is 25.8. The van der Waals surface area contributed by atoms with Crippen LogP contribution in [0.1, 0.15) is 27.2 Å². The Hall–Kier alpha value is -3.20. The number of allylic oxidation sites excluding steroid dienone is 2. The highest BCUT2D eigenvalue weighted by Crippen LogP contribution is 2.55. The predicted octanol–water partition coefficient (Wildman–Crippen LogP) is 7.66. The van der Waals surface area contributed by atoms with Crippen molar-refractivity contribution in [1.29, 1.82) is 0 Å². The molecule has 1 fully saturated rings. The minimum Gasteiger partial charge on any atom is -0.506 e. The van der Waals surface area contributed by atoms with Gasteiger partial charge < -0.3 is 15.5 Å². The minimum atomic E-state index is -5.05. The Morgan fingerprint density at radius 1 is 1.15 bits per heavy atom. The predicted molar refractivity (Wildman–Crippen MR) is 150 cm³/mol. The van der Waals surface area contributed by atoms with Crippen molar-refractivity contribution in [2.75, 3.05) is 5.32 Å². The molecule has 0 aliphatic heterocycles. The summed E-state index contributed by atoms with van der Waals surface area (Å²) in [5.74, 6) is -0.403. The summed E-state index contributed by atoms with van der Waals surface area (Å²) in [5.41, 5.74) is -3.83. The van der Waals surface area contributed by atoms with Gasteiger partial charge in [0.15, 0.2) is 5.60 Å². The molecule has 39 heavy (non-hydrogen) atoms. The van der Waals surface area contributed by atoms with Crippen LogP contribution in [0.15, 0.2) is 94.0 Å². The summed E-state index contributed by atoms with van der Waals surface area (Å²) >= 11 is 12.2. The van der Waals surface area contributed by atoms with Crippen LogP contribution in [0, 0.1) is 5.41 Å². The number of nitrogens with one attached hydrogen (secondary N) is 1. The van der Waals surface area contributed by atoms with Crippen molar-refractivity contribution in [2.45, 2.75) is 45.0 Å². The second kappa shape index (κ2) is 10.1. The molecule has 1 heterocycles. The van der Waals surface area contributed by atoms with Crippen LogP contribution in [0.5, 0.6) is 0 Å². The van der Waals surface area contributed by atoms with Crippen molar-refractivity contribution in [3.05, 3.63) is 105 Å². The number of hydrogen-bond donors (Lipinski definition) is 3. The largest absolute Gasteiger partial charge is 0.506 e. The Balaban J connectivity index is 1.92. The van der Waals surface area contributed by atoms with Gasteiger partial charge in [0.05, 0.1) is 16.6 Å². The standard InChI is InChI=1S/C29H27Cl2F3N2O3/c1-5-20(31)25(38)24-16(2)26(28(39,29(32,33)34)15-27(24,3)4)35-21-7-6-8-22-19(21)13-14-23(37)36(22)18-11-9-17(30)10-12-18/h5-14,26,35,38-39H,2,15H2,1,3-4H3/b20-5+,25-24-. The number of halogens is 5. The van der Waals surface area contributed by atoms with Gasteiger partial charge in [0, 0.05) is 33.4 Å². The lowest BCUT2D eigenvalue weighted by Crippen LogP contribution is -2.63. The lowest BCUT2D eigenvalue weighted by Gasteiger charge is -2.50. The van der Waals surface area contributed by atoms with Gasteiger partial charge in [-0.2, -0.15) is 13.2 Å². The van der Waals surface area contributed by atoms with Crippen molar-refractivity contribution < 1.29 is 23.4 Å². The minimum absolute atomic E-state index is 0.0486. The van der Waals surface area contributed by atoms with Crippen molar-refractivity contribution in [1.82, 2.24) is 4.57 Å². The van der Waals surface area contributed by atoms with Gasteiger partial charge in [0.2, 0.25) is 0 Å². The summed E-state index contributed by atoms with van der Waals surface area (Å²) in [6.07, 6.45) is -4.40. The quantitative estimate of drug-likeness (QED) is 0.278. The molecule has 0 spiro atoms. The third kappa shape index (κ3) is 4.97. The smallest absolute Gasteiger partial charge is 0.419 e. The average molecular weight is 579 g/mol. The molecule has 3 aromatic rings. The summed E-state index contributed by atoms with van der Waals surface area (Å²) < 4.78 is 45.0. The molecule has 2 aromatic carbocycles. The first kappa shape index (κ1) is 28.8. The van der Waals surface area contributed by atoms with Gasteiger partial charge in [-0.15, -0.1) is 0 Å². The maximum absolute atomic E-state index is 14.5. The number of aromatic nitrogens is 1. The van der Waals surface area contributed by atoms with E-state index in [4.69, 9.17) is 23.2 Å². The third-order valence-electron chi connectivity index (χ3n) is 7.06. The number of aliphatic hydroxyl groups excluding tert-OH is 1. The SMILES string of the molecule is C=C1/C(=C(O)\C(Cl)=C/C)C(C)(C)CC(O)(C(F)(F)F)C1Nc1cccc2c1ccc(=O)n2-c1ccc(Cl)cc1. The summed E-state index contributed by atoms with van der Waals surface area (Å²) in [4.78, 5) is 12.8. The van der Waals surface area contributed by atoms with Gasteiger partial charge in [0.25, 0.3) is 5.56 Å². The fourth-order valence-corrected chi connectivity index (χ4v) is 5.56. The van der Waals surface area contributed by atoms with Gasteiger partial charge in [-0.1, -0.05) is 55.8 Å². The number of alkyl halides is 3. The molecule has 1 aliphatic carbocycles. The van der Waals surface area contributed by atoms with E-state index in [-0.39, 0.29) is 27.4 Å². The number of fused-ring (bicyclic) bond motifs is 1. The Morgan fingerprint density at radius 2 is 1.79 bits per heavy atom. The molecule has 0 amide bonds. The fraction of sp³-hybridized carbons (Fsp3) is 0.276. The Bertz CT molecular complexity index is 1570. The molecule has 0 saturated heterocycles. The van der Waals surface area contributed by atoms with Crippen LogP contribution < -0.4 is 10.9 Å². The van der Waals surface area contributed by atoms with E-state index in [0.29, 0.717) is 21.6 Å². The summed E-state index contributed by atoms with van der Waals surface area (Å²) in [7, 11) is 0. The lowest BCUT2D eigenvalue weighted by atomic mass is 9.61. The van der Waals surface area contributed by atoms with Gasteiger partial charge in [-0.05, 0) is 66.8 Å². The lowest BCUT2D eigenvalue weighted by molar-refractivity contribution is -0.273. The molecule has 10 heteroatoms. The number of hydrogen-bond acceptors (Lipinski definition) is 4. The second-order valence-corrected chi connectivity index (χ2v) is 11.0. The first-order chi connectivity index (χ1) is 18.1. The van der Waals surface area contributed by atoms with Crippen molar-refractivity contribution in [3.8, 4) is 5.69 Å². The maximum atomic E-state index is 14.5. The van der Waals surface area contributed by atoms with E-state index >= 15 is 0 Å². The van der Waals surface area contributed by atoms with Gasteiger partial charge in [-0.3, -0.25) is 9.36 Å². The molecule has 0 radical (unpaired) electrons. The molecule has 4 rings (SSSR count). The monoisotopic (exact) mass is 578 g/mol. The van der Waals surface area contributed by atoms with E-state index in [1.807, 2.05) is 0 Å². The topological polar surface area (TPSA) is 74.5 Å². The van der Waals surface area contributed by atoms with Crippen molar-refractivity contribution in [3.63, 3.8) is 0 Å². The summed E-state index contributed by atoms with van der Waals surface area (Å²) in [6.45, 7) is 8.44. The first-order valence-electron chi connectivity index (χ1n) is 12.0. The van der Waals surface area contributed by atoms with Crippen LogP contribution in [0.25, 0.3) is 16.6 Å². The van der Waals surface area contributed by atoms with Gasteiger partial charge >= 0.3 is 6.18 Å². The molecule has 1 aliphatic rings. The Morgan fingerprint density at radius 3 is 2.38 bits per heavy atom. The van der Waals surface area contributed by atoms with Crippen LogP contribution >= 0.6 is 23.2 Å². The first-order valence-corrected chi connectivity index (χ1v) is 12.8. The van der Waals surface area contributed by atoms with E-state index in [0.717, 1.165) is 0 Å². The van der Waals surface area contributed by atoms with Crippen molar-refractivity contribution >= 4 is 39.8 Å². The molecule has 3 N–H and O–H groups in total. The highest BCUT2D eigenvalue weighted by atomic mass is 35.5. The van der Waals surface area contributed by atoms with Crippen LogP contribution in [0.3, 0.4) is 0 Å². The number of anilines is 1. The molecule has 1 aromatic heterocycles. The van der Waals surface area contributed by atoms with E-state index < -0.39 is 35.4 Å². The Kier molecular flexibility index (Phi) is 7.44. The second-order valence-electron chi connectivity index (χ2n) is 10.2. The number of aliphatic hydroxyl groups is 2. The highest BCUT2D eigenvalue weighted by Gasteiger charge is 2.65. The maximum Gasteiger partial charge on any atom is 0.419 e. The molecular weight excluding hydrogens is 552 g/mol. The van der Waals surface area contributed by atoms with E-state index in [9.17, 15) is 28.2 Å². The van der Waals surface area contributed by atoms with Crippen LogP contribution in [-0.2, 0) is 0 Å². The average Bonchev–Trinajstić information content (AvgIpc) is 2.85. The number of pyridine rings is 1.